The van der Waals surface area contributed by atoms with E-state index in [0.29, 0.717) is 29.3 Å². The van der Waals surface area contributed by atoms with Gasteiger partial charge < -0.3 is 19.4 Å². The molecule has 2 aromatic carbocycles. The average molecular weight is 443 g/mol. The van der Waals surface area contributed by atoms with Gasteiger partial charge in [0.05, 0.1) is 29.6 Å². The molecule has 2 N–H and O–H groups in total. The molecule has 1 aromatic heterocycles. The maximum atomic E-state index is 12.9. The molecule has 8 nitrogen and oxygen atoms in total. The molecule has 3 aromatic rings. The molecule has 9 heteroatoms. The minimum Gasteiger partial charge on any atom is -0.495 e. The molecule has 0 unspecified atom stereocenters. The smallest absolute Gasteiger partial charge is 0.261 e. The minimum atomic E-state index is -3.76. The quantitative estimate of drug-likeness (QED) is 0.604. The topological polar surface area (TPSA) is 96.7 Å². The van der Waals surface area contributed by atoms with Crippen LogP contribution in [0.25, 0.3) is 11.3 Å². The number of ether oxygens (including phenoxy) is 1. The Balaban J connectivity index is 1.58. The third-order valence-electron chi connectivity index (χ3n) is 5.21. The summed E-state index contributed by atoms with van der Waals surface area (Å²) in [7, 11) is -2.14. The molecular weight excluding hydrogens is 416 g/mol. The van der Waals surface area contributed by atoms with Gasteiger partial charge in [-0.2, -0.15) is 0 Å². The number of anilines is 2. The number of rotatable bonds is 6. The van der Waals surface area contributed by atoms with Crippen molar-refractivity contribution in [1.82, 2.24) is 10.3 Å². The first kappa shape index (κ1) is 21.2. The number of aromatic nitrogens is 1. The number of piperazine rings is 1. The SMILES string of the molecule is COc1ccc(NS(=O)(=O)c2ccc(-c3cnco3)cc2)cc1N1C[C@@H](C)N[C@@H](C)C1. The summed E-state index contributed by atoms with van der Waals surface area (Å²) in [5.74, 6) is 1.29. The lowest BCUT2D eigenvalue weighted by molar-refractivity contribution is 0.391. The second-order valence-corrected chi connectivity index (χ2v) is 9.44. The van der Waals surface area contributed by atoms with Gasteiger partial charge in [-0.15, -0.1) is 0 Å². The lowest BCUT2D eigenvalue weighted by Crippen LogP contribution is -2.54. The number of hydrogen-bond donors (Lipinski definition) is 2. The molecule has 0 spiro atoms. The molecule has 1 aliphatic heterocycles. The van der Waals surface area contributed by atoms with Crippen LogP contribution in [-0.2, 0) is 10.0 Å². The Morgan fingerprint density at radius 1 is 1.13 bits per heavy atom. The summed E-state index contributed by atoms with van der Waals surface area (Å²) in [5.41, 5.74) is 2.10. The van der Waals surface area contributed by atoms with Crippen molar-refractivity contribution >= 4 is 21.4 Å². The standard InChI is InChI=1S/C22H26N4O4S/c1-15-12-26(13-16(2)24-15)20-10-18(6-9-21(20)29-3)25-31(27,28)19-7-4-17(5-8-19)22-11-23-14-30-22/h4-11,14-16,24-25H,12-13H2,1-3H3/t15-,16+. The molecular formula is C22H26N4O4S. The maximum absolute atomic E-state index is 12.9. The van der Waals surface area contributed by atoms with Crippen molar-refractivity contribution in [3.05, 3.63) is 55.1 Å². The number of methoxy groups -OCH3 is 1. The molecule has 1 saturated heterocycles. The molecule has 0 saturated carbocycles. The third-order valence-corrected chi connectivity index (χ3v) is 6.61. The van der Waals surface area contributed by atoms with Crippen molar-refractivity contribution in [3.63, 3.8) is 0 Å². The van der Waals surface area contributed by atoms with Crippen LogP contribution in [0.5, 0.6) is 5.75 Å². The summed E-state index contributed by atoms with van der Waals surface area (Å²) in [5, 5.41) is 3.50. The van der Waals surface area contributed by atoms with Crippen LogP contribution >= 0.6 is 0 Å². The van der Waals surface area contributed by atoms with Crippen molar-refractivity contribution in [2.24, 2.45) is 0 Å². The van der Waals surface area contributed by atoms with Crippen molar-refractivity contribution in [1.29, 1.82) is 0 Å². The number of hydrogen-bond acceptors (Lipinski definition) is 7. The summed E-state index contributed by atoms with van der Waals surface area (Å²) in [6, 6.07) is 12.4. The van der Waals surface area contributed by atoms with Crippen LogP contribution in [0.3, 0.4) is 0 Å². The molecule has 1 fully saturated rings. The van der Waals surface area contributed by atoms with Crippen LogP contribution in [-0.4, -0.2) is 45.7 Å². The zero-order chi connectivity index (χ0) is 22.0. The largest absolute Gasteiger partial charge is 0.495 e. The van der Waals surface area contributed by atoms with E-state index >= 15 is 0 Å². The van der Waals surface area contributed by atoms with E-state index in [0.717, 1.165) is 24.3 Å². The second-order valence-electron chi connectivity index (χ2n) is 7.76. The molecule has 0 amide bonds. The van der Waals surface area contributed by atoms with E-state index in [-0.39, 0.29) is 4.90 Å². The predicted octanol–water partition coefficient (Wildman–Crippen LogP) is 3.34. The highest BCUT2D eigenvalue weighted by Gasteiger charge is 2.24. The third kappa shape index (κ3) is 4.67. The molecule has 0 aliphatic carbocycles. The van der Waals surface area contributed by atoms with E-state index in [9.17, 15) is 8.42 Å². The monoisotopic (exact) mass is 442 g/mol. The molecule has 0 bridgehead atoms. The van der Waals surface area contributed by atoms with Gasteiger partial charge in [0.15, 0.2) is 12.2 Å². The minimum absolute atomic E-state index is 0.164. The summed E-state index contributed by atoms with van der Waals surface area (Å²) >= 11 is 0. The van der Waals surface area contributed by atoms with Gasteiger partial charge in [-0.05, 0) is 56.3 Å². The first-order valence-electron chi connectivity index (χ1n) is 10.1. The highest BCUT2D eigenvalue weighted by molar-refractivity contribution is 7.92. The van der Waals surface area contributed by atoms with Gasteiger partial charge in [-0.1, -0.05) is 0 Å². The summed E-state index contributed by atoms with van der Waals surface area (Å²) in [6.07, 6.45) is 2.92. The van der Waals surface area contributed by atoms with Crippen molar-refractivity contribution in [3.8, 4) is 17.1 Å². The van der Waals surface area contributed by atoms with Gasteiger partial charge in [-0.25, -0.2) is 13.4 Å². The van der Waals surface area contributed by atoms with E-state index in [1.165, 1.54) is 6.39 Å². The van der Waals surface area contributed by atoms with Crippen LogP contribution in [0.4, 0.5) is 11.4 Å². The number of sulfonamides is 1. The van der Waals surface area contributed by atoms with Crippen LogP contribution in [0.15, 0.2) is 64.4 Å². The normalized spacial score (nSPS) is 19.3. The van der Waals surface area contributed by atoms with Crippen LogP contribution < -0.4 is 19.7 Å². The second kappa shape index (κ2) is 8.60. The molecule has 2 heterocycles. The maximum Gasteiger partial charge on any atom is 0.261 e. The first-order valence-corrected chi connectivity index (χ1v) is 11.5. The van der Waals surface area contributed by atoms with E-state index < -0.39 is 10.0 Å². The van der Waals surface area contributed by atoms with Gasteiger partial charge in [0.1, 0.15) is 5.75 Å². The molecule has 31 heavy (non-hydrogen) atoms. The highest BCUT2D eigenvalue weighted by atomic mass is 32.2. The Bertz CT molecular complexity index is 1120. The number of nitrogens with zero attached hydrogens (tertiary/aromatic N) is 2. The molecule has 1 aliphatic rings. The first-order chi connectivity index (χ1) is 14.9. The Hall–Kier alpha value is -3.04. The van der Waals surface area contributed by atoms with Gasteiger partial charge in [-0.3, -0.25) is 4.72 Å². The van der Waals surface area contributed by atoms with Crippen molar-refractivity contribution < 1.29 is 17.6 Å². The summed E-state index contributed by atoms with van der Waals surface area (Å²) in [4.78, 5) is 6.26. The summed E-state index contributed by atoms with van der Waals surface area (Å²) in [6.45, 7) is 5.87. The summed E-state index contributed by atoms with van der Waals surface area (Å²) < 4.78 is 39.4. The average Bonchev–Trinajstić information content (AvgIpc) is 3.28. The fourth-order valence-corrected chi connectivity index (χ4v) is 4.94. The van der Waals surface area contributed by atoms with Crippen molar-refractivity contribution in [2.75, 3.05) is 29.8 Å². The van der Waals surface area contributed by atoms with Gasteiger partial charge in [0.2, 0.25) is 0 Å². The van der Waals surface area contributed by atoms with Gasteiger partial charge in [0.25, 0.3) is 10.0 Å². The van der Waals surface area contributed by atoms with Gasteiger partial charge in [0, 0.05) is 30.7 Å². The van der Waals surface area contributed by atoms with Gasteiger partial charge >= 0.3 is 0 Å². The molecule has 0 radical (unpaired) electrons. The Morgan fingerprint density at radius 3 is 2.45 bits per heavy atom. The van der Waals surface area contributed by atoms with E-state index in [4.69, 9.17) is 9.15 Å². The fourth-order valence-electron chi connectivity index (χ4n) is 3.89. The van der Waals surface area contributed by atoms with E-state index in [2.05, 4.69) is 33.8 Å². The number of benzene rings is 2. The predicted molar refractivity (Wildman–Crippen MR) is 120 cm³/mol. The zero-order valence-corrected chi connectivity index (χ0v) is 18.5. The van der Waals surface area contributed by atoms with E-state index in [1.54, 1.807) is 49.7 Å². The number of nitrogens with one attached hydrogen (secondary N) is 2. The molecule has 164 valence electrons. The van der Waals surface area contributed by atoms with Crippen LogP contribution in [0.2, 0.25) is 0 Å². The number of oxazole rings is 1. The fraction of sp³-hybridized carbons (Fsp3) is 0.318. The van der Waals surface area contributed by atoms with Crippen LogP contribution in [0, 0.1) is 0 Å². The highest BCUT2D eigenvalue weighted by Crippen LogP contribution is 2.33. The Labute approximate surface area is 182 Å². The van der Waals surface area contributed by atoms with E-state index in [1.807, 2.05) is 6.07 Å². The van der Waals surface area contributed by atoms with Crippen LogP contribution in [0.1, 0.15) is 13.8 Å². The zero-order valence-electron chi connectivity index (χ0n) is 17.7. The Kier molecular flexibility index (Phi) is 5.88. The lowest BCUT2D eigenvalue weighted by atomic mass is 10.1. The lowest BCUT2D eigenvalue weighted by Gasteiger charge is -2.38. The van der Waals surface area contributed by atoms with Crippen molar-refractivity contribution in [2.45, 2.75) is 30.8 Å². The molecule has 4 rings (SSSR count). The Morgan fingerprint density at radius 2 is 1.84 bits per heavy atom. The molecule has 2 atom stereocenters.